The highest BCUT2D eigenvalue weighted by Crippen LogP contribution is 2.30. The van der Waals surface area contributed by atoms with Crippen LogP contribution in [-0.4, -0.2) is 30.5 Å². The summed E-state index contributed by atoms with van der Waals surface area (Å²) in [4.78, 5) is 21.1. The molecule has 1 amide bonds. The molecule has 4 aromatic rings. The third-order valence-electron chi connectivity index (χ3n) is 4.96. The van der Waals surface area contributed by atoms with Crippen LogP contribution in [0.5, 0.6) is 5.75 Å². The molecule has 2 aromatic heterocycles. The van der Waals surface area contributed by atoms with Gasteiger partial charge in [0.25, 0.3) is 5.91 Å². The van der Waals surface area contributed by atoms with Crippen molar-refractivity contribution in [2.75, 3.05) is 19.1 Å². The third-order valence-corrected chi connectivity index (χ3v) is 6.67. The molecule has 5 rings (SSSR count). The molecule has 0 unspecified atom stereocenters. The van der Waals surface area contributed by atoms with Crippen molar-refractivity contribution in [1.82, 2.24) is 4.68 Å². The van der Waals surface area contributed by atoms with Crippen LogP contribution in [0.2, 0.25) is 0 Å². The van der Waals surface area contributed by atoms with Crippen LogP contribution in [0.15, 0.2) is 81.5 Å². The molecule has 0 aliphatic carbocycles. The van der Waals surface area contributed by atoms with Gasteiger partial charge in [-0.05, 0) is 29.6 Å². The van der Waals surface area contributed by atoms with Gasteiger partial charge in [0.15, 0.2) is 5.71 Å². The van der Waals surface area contributed by atoms with Gasteiger partial charge in [-0.1, -0.05) is 30.3 Å². The van der Waals surface area contributed by atoms with Crippen molar-refractivity contribution in [3.05, 3.63) is 81.8 Å². The molecule has 0 radical (unpaired) electrons. The number of fused-ring (bicyclic) bond motifs is 1. The average Bonchev–Trinajstić information content (AvgIpc) is 3.51. The number of ether oxygens (including phenoxy) is 1. The van der Waals surface area contributed by atoms with Crippen molar-refractivity contribution in [3.63, 3.8) is 0 Å². The molecule has 154 valence electrons. The number of amides is 1. The maximum absolute atomic E-state index is 13.0. The summed E-state index contributed by atoms with van der Waals surface area (Å²) in [6.07, 6.45) is 0. The van der Waals surface area contributed by atoms with Crippen LogP contribution in [0.3, 0.4) is 0 Å². The number of thiophene rings is 1. The average molecular weight is 447 g/mol. The minimum atomic E-state index is -0.135. The number of carbonyl (C=O) groups is 1. The third kappa shape index (κ3) is 3.49. The van der Waals surface area contributed by atoms with E-state index in [1.807, 2.05) is 71.4 Å². The topological polar surface area (TPSA) is 59.2 Å². The number of nitrogens with zero attached hydrogens (tertiary/aromatic N) is 4. The Kier molecular flexibility index (Phi) is 5.01. The molecule has 0 saturated carbocycles. The van der Waals surface area contributed by atoms with E-state index in [4.69, 9.17) is 14.8 Å². The molecule has 0 atom stereocenters. The second kappa shape index (κ2) is 7.98. The summed E-state index contributed by atoms with van der Waals surface area (Å²) in [5.41, 5.74) is 3.72. The van der Waals surface area contributed by atoms with Gasteiger partial charge in [0.1, 0.15) is 5.75 Å². The largest absolute Gasteiger partial charge is 0.497 e. The highest BCUT2D eigenvalue weighted by atomic mass is 32.1. The number of rotatable bonds is 4. The fourth-order valence-corrected chi connectivity index (χ4v) is 5.05. The number of hydrogen-bond donors (Lipinski definition) is 0. The first kappa shape index (κ1) is 19.5. The summed E-state index contributed by atoms with van der Waals surface area (Å²) < 4.78 is 7.08. The van der Waals surface area contributed by atoms with Crippen LogP contribution >= 0.6 is 22.7 Å². The predicted octanol–water partition coefficient (Wildman–Crippen LogP) is 4.75. The van der Waals surface area contributed by atoms with Crippen molar-refractivity contribution in [3.8, 4) is 16.3 Å². The molecular formula is C23H18N4O2S2. The fraction of sp³-hybridized carbons (Fsp3) is 0.0870. The smallest absolute Gasteiger partial charge is 0.279 e. The van der Waals surface area contributed by atoms with Gasteiger partial charge in [-0.15, -0.1) is 22.7 Å². The van der Waals surface area contributed by atoms with E-state index in [2.05, 4.69) is 0 Å². The summed E-state index contributed by atoms with van der Waals surface area (Å²) in [5, 5.41) is 8.86. The molecular weight excluding hydrogens is 428 g/mol. The monoisotopic (exact) mass is 446 g/mol. The maximum Gasteiger partial charge on any atom is 0.279 e. The number of carbonyl (C=O) groups excluding carboxylic acids is 1. The molecule has 1 aliphatic rings. The van der Waals surface area contributed by atoms with Crippen LogP contribution in [0, 0.1) is 0 Å². The lowest BCUT2D eigenvalue weighted by atomic mass is 10.1. The first-order valence-electron chi connectivity index (χ1n) is 9.55. The lowest BCUT2D eigenvalue weighted by Crippen LogP contribution is -2.27. The summed E-state index contributed by atoms with van der Waals surface area (Å²) in [6.45, 7) is 0. The molecule has 0 N–H and O–H groups in total. The highest BCUT2D eigenvalue weighted by Gasteiger charge is 2.31. The zero-order chi connectivity index (χ0) is 21.4. The molecule has 31 heavy (non-hydrogen) atoms. The summed E-state index contributed by atoms with van der Waals surface area (Å²) in [5.74, 6) is 0.597. The standard InChI is InChI=1S/C23H18N4O2S2/c1-26-18-10-4-3-9-17(18)21(22(26)28)25-27-19(20-11-6-12-30-20)14-31-23(27)24-15-7-5-8-16(13-15)29-2/h3-14H,1-2H3. The zero-order valence-corrected chi connectivity index (χ0v) is 18.5. The van der Waals surface area contributed by atoms with Crippen molar-refractivity contribution < 1.29 is 9.53 Å². The number of aromatic nitrogens is 1. The Morgan fingerprint density at radius 1 is 1.00 bits per heavy atom. The molecule has 2 aromatic carbocycles. The van der Waals surface area contributed by atoms with Crippen LogP contribution < -0.4 is 14.4 Å². The Balaban J connectivity index is 1.72. The first-order chi connectivity index (χ1) is 15.2. The molecule has 0 spiro atoms. The molecule has 1 aliphatic heterocycles. The Bertz CT molecular complexity index is 1370. The Morgan fingerprint density at radius 3 is 2.68 bits per heavy atom. The van der Waals surface area contributed by atoms with Crippen LogP contribution in [0.25, 0.3) is 10.6 Å². The van der Waals surface area contributed by atoms with Crippen LogP contribution in [0.1, 0.15) is 5.56 Å². The van der Waals surface area contributed by atoms with Gasteiger partial charge in [-0.3, -0.25) is 4.79 Å². The van der Waals surface area contributed by atoms with Crippen LogP contribution in [-0.2, 0) is 4.79 Å². The molecule has 0 bridgehead atoms. The van der Waals surface area contributed by atoms with E-state index in [9.17, 15) is 4.79 Å². The van der Waals surface area contributed by atoms with E-state index in [1.165, 1.54) is 11.3 Å². The van der Waals surface area contributed by atoms with Crippen molar-refractivity contribution >= 4 is 45.7 Å². The minimum Gasteiger partial charge on any atom is -0.497 e. The van der Waals surface area contributed by atoms with Crippen molar-refractivity contribution in [1.29, 1.82) is 0 Å². The zero-order valence-electron chi connectivity index (χ0n) is 16.9. The van der Waals surface area contributed by atoms with Gasteiger partial charge in [-0.2, -0.15) is 5.10 Å². The lowest BCUT2D eigenvalue weighted by molar-refractivity contribution is -0.112. The SMILES string of the molecule is COc1cccc(N=c2scc(-c3cccs3)n2N=C2C(=O)N(C)c3ccccc32)c1. The van der Waals surface area contributed by atoms with E-state index < -0.39 is 0 Å². The van der Waals surface area contributed by atoms with E-state index >= 15 is 0 Å². The Hall–Kier alpha value is -3.49. The van der Waals surface area contributed by atoms with E-state index in [0.717, 1.165) is 33.3 Å². The molecule has 3 heterocycles. The second-order valence-corrected chi connectivity index (χ2v) is 8.62. The predicted molar refractivity (Wildman–Crippen MR) is 126 cm³/mol. The quantitative estimate of drug-likeness (QED) is 0.454. The van der Waals surface area contributed by atoms with Gasteiger partial charge in [0.2, 0.25) is 4.80 Å². The summed E-state index contributed by atoms with van der Waals surface area (Å²) in [7, 11) is 3.40. The maximum atomic E-state index is 13.0. The number of anilines is 1. The molecule has 6 nitrogen and oxygen atoms in total. The Labute approximate surface area is 187 Å². The van der Waals surface area contributed by atoms with Crippen molar-refractivity contribution in [2.45, 2.75) is 0 Å². The first-order valence-corrected chi connectivity index (χ1v) is 11.3. The number of methoxy groups -OCH3 is 1. The lowest BCUT2D eigenvalue weighted by Gasteiger charge is -2.07. The van der Waals surface area contributed by atoms with E-state index in [0.29, 0.717) is 10.5 Å². The molecule has 8 heteroatoms. The summed E-state index contributed by atoms with van der Waals surface area (Å²) >= 11 is 3.10. The molecule has 0 fully saturated rings. The Morgan fingerprint density at radius 2 is 1.87 bits per heavy atom. The normalized spacial score (nSPS) is 15.0. The highest BCUT2D eigenvalue weighted by molar-refractivity contribution is 7.14. The van der Waals surface area contributed by atoms with Gasteiger partial charge < -0.3 is 9.64 Å². The van der Waals surface area contributed by atoms with E-state index in [1.54, 1.807) is 35.1 Å². The van der Waals surface area contributed by atoms with Gasteiger partial charge >= 0.3 is 0 Å². The number of para-hydroxylation sites is 1. The number of thiazole rings is 1. The number of hydrogen-bond acceptors (Lipinski definition) is 6. The van der Waals surface area contributed by atoms with Crippen LogP contribution in [0.4, 0.5) is 11.4 Å². The van der Waals surface area contributed by atoms with Gasteiger partial charge in [0.05, 0.1) is 29.1 Å². The number of likely N-dealkylation sites (N-methyl/N-ethyl adjacent to an activating group) is 1. The molecule has 0 saturated heterocycles. The fourth-order valence-electron chi connectivity index (χ4n) is 3.41. The minimum absolute atomic E-state index is 0.135. The van der Waals surface area contributed by atoms with Gasteiger partial charge in [0, 0.05) is 24.1 Å². The number of benzene rings is 2. The second-order valence-electron chi connectivity index (χ2n) is 6.84. The van der Waals surface area contributed by atoms with Crippen molar-refractivity contribution in [2.24, 2.45) is 10.1 Å². The van der Waals surface area contributed by atoms with Gasteiger partial charge in [-0.25, -0.2) is 9.67 Å². The summed E-state index contributed by atoms with van der Waals surface area (Å²) in [6, 6.07) is 19.3. The van der Waals surface area contributed by atoms with E-state index in [-0.39, 0.29) is 5.91 Å².